The van der Waals surface area contributed by atoms with Crippen molar-refractivity contribution in [2.45, 2.75) is 18.4 Å². The summed E-state index contributed by atoms with van der Waals surface area (Å²) >= 11 is 3.48. The van der Waals surface area contributed by atoms with E-state index in [-0.39, 0.29) is 0 Å². The van der Waals surface area contributed by atoms with Gasteiger partial charge in [-0.05, 0) is 35.6 Å². The summed E-state index contributed by atoms with van der Waals surface area (Å²) in [6.45, 7) is 0. The molecule has 2 aliphatic rings. The Kier molecular flexibility index (Phi) is 1.25. The predicted molar refractivity (Wildman–Crippen MR) is 52.1 cm³/mol. The van der Waals surface area contributed by atoms with E-state index in [0.29, 0.717) is 12.0 Å². The Bertz CT molecular complexity index is 348. The Morgan fingerprint density at radius 1 is 1.42 bits per heavy atom. The molecule has 3 rings (SSSR count). The zero-order valence-corrected chi connectivity index (χ0v) is 8.21. The molecule has 0 unspecified atom stereocenters. The summed E-state index contributed by atoms with van der Waals surface area (Å²) in [6.07, 6.45) is 1.20. The summed E-state index contributed by atoms with van der Waals surface area (Å²) < 4.78 is 1.19. The van der Waals surface area contributed by atoms with Crippen molar-refractivity contribution >= 4 is 15.9 Å². The van der Waals surface area contributed by atoms with Gasteiger partial charge in [0.1, 0.15) is 0 Å². The van der Waals surface area contributed by atoms with Crippen molar-refractivity contribution in [2.75, 3.05) is 0 Å². The number of fused-ring (bicyclic) bond motifs is 3. The maximum absolute atomic E-state index is 5.91. The van der Waals surface area contributed by atoms with Crippen LogP contribution in [-0.4, -0.2) is 6.04 Å². The number of nitrogens with two attached hydrogens (primary N) is 1. The molecule has 2 N–H and O–H groups in total. The summed E-state index contributed by atoms with van der Waals surface area (Å²) in [5, 5.41) is 0. The average molecular weight is 224 g/mol. The highest BCUT2D eigenvalue weighted by atomic mass is 79.9. The SMILES string of the molecule is N[C@@H]1[C@H]2Cc3cc(Br)ccc3[C@@H]12. The van der Waals surface area contributed by atoms with E-state index in [1.54, 1.807) is 0 Å². The Hall–Kier alpha value is -0.340. The molecular formula is C10H10BrN. The predicted octanol–water partition coefficient (Wildman–Crippen LogP) is 2.05. The van der Waals surface area contributed by atoms with Crippen molar-refractivity contribution in [1.29, 1.82) is 0 Å². The highest BCUT2D eigenvalue weighted by Gasteiger charge is 2.53. The molecule has 1 nitrogen and oxygen atoms in total. The molecule has 0 saturated heterocycles. The molecule has 0 radical (unpaired) electrons. The Balaban J connectivity index is 2.11. The van der Waals surface area contributed by atoms with Gasteiger partial charge >= 0.3 is 0 Å². The van der Waals surface area contributed by atoms with Gasteiger partial charge in [0.2, 0.25) is 0 Å². The minimum atomic E-state index is 0.457. The molecule has 0 aromatic heterocycles. The van der Waals surface area contributed by atoms with Crippen molar-refractivity contribution in [3.8, 4) is 0 Å². The van der Waals surface area contributed by atoms with Crippen LogP contribution >= 0.6 is 15.9 Å². The van der Waals surface area contributed by atoms with Gasteiger partial charge < -0.3 is 5.73 Å². The van der Waals surface area contributed by atoms with E-state index in [4.69, 9.17) is 5.73 Å². The maximum Gasteiger partial charge on any atom is 0.0178 e. The van der Waals surface area contributed by atoms with Crippen LogP contribution in [0.2, 0.25) is 0 Å². The Morgan fingerprint density at radius 3 is 3.08 bits per heavy atom. The fourth-order valence-electron chi connectivity index (χ4n) is 2.43. The lowest BCUT2D eigenvalue weighted by Crippen LogP contribution is -2.08. The minimum Gasteiger partial charge on any atom is -0.327 e. The first-order valence-electron chi connectivity index (χ1n) is 4.31. The van der Waals surface area contributed by atoms with Crippen molar-refractivity contribution < 1.29 is 0 Å². The molecule has 0 aliphatic heterocycles. The summed E-state index contributed by atoms with van der Waals surface area (Å²) in [6, 6.07) is 7.02. The van der Waals surface area contributed by atoms with Crippen LogP contribution in [0.15, 0.2) is 22.7 Å². The van der Waals surface area contributed by atoms with E-state index in [2.05, 4.69) is 34.1 Å². The van der Waals surface area contributed by atoms with Crippen molar-refractivity contribution in [3.05, 3.63) is 33.8 Å². The largest absolute Gasteiger partial charge is 0.327 e. The second-order valence-corrected chi connectivity index (χ2v) is 4.73. The van der Waals surface area contributed by atoms with Gasteiger partial charge in [-0.2, -0.15) is 0 Å². The third-order valence-corrected chi connectivity index (χ3v) is 3.64. The van der Waals surface area contributed by atoms with Crippen LogP contribution in [0.4, 0.5) is 0 Å². The molecule has 2 aliphatic carbocycles. The van der Waals surface area contributed by atoms with Crippen molar-refractivity contribution in [1.82, 2.24) is 0 Å². The quantitative estimate of drug-likeness (QED) is 0.717. The standard InChI is InChI=1S/C10H10BrN/c11-6-1-2-7-5(3-6)4-8-9(7)10(8)12/h1-3,8-10H,4,12H2/t8-,9+,10+/m0/s1. The number of rotatable bonds is 0. The fourth-order valence-corrected chi connectivity index (χ4v) is 2.84. The van der Waals surface area contributed by atoms with Crippen LogP contribution < -0.4 is 5.73 Å². The van der Waals surface area contributed by atoms with Gasteiger partial charge in [-0.25, -0.2) is 0 Å². The monoisotopic (exact) mass is 223 g/mol. The van der Waals surface area contributed by atoms with E-state index in [9.17, 15) is 0 Å². The Labute approximate surface area is 80.1 Å². The average Bonchev–Trinajstić information content (AvgIpc) is 2.57. The van der Waals surface area contributed by atoms with Crippen LogP contribution in [0.1, 0.15) is 17.0 Å². The van der Waals surface area contributed by atoms with Crippen LogP contribution in [0.5, 0.6) is 0 Å². The van der Waals surface area contributed by atoms with Gasteiger partial charge in [-0.15, -0.1) is 0 Å². The van der Waals surface area contributed by atoms with Crippen LogP contribution in [0.25, 0.3) is 0 Å². The first-order valence-corrected chi connectivity index (χ1v) is 5.10. The summed E-state index contributed by atoms with van der Waals surface area (Å²) in [5.74, 6) is 1.45. The van der Waals surface area contributed by atoms with Crippen LogP contribution in [-0.2, 0) is 6.42 Å². The number of halogens is 1. The lowest BCUT2D eigenvalue weighted by Gasteiger charge is -2.04. The number of benzene rings is 1. The fraction of sp³-hybridized carbons (Fsp3) is 0.400. The summed E-state index contributed by atoms with van der Waals surface area (Å²) in [7, 11) is 0. The lowest BCUT2D eigenvalue weighted by atomic mass is 10.1. The smallest absolute Gasteiger partial charge is 0.0178 e. The molecular weight excluding hydrogens is 214 g/mol. The molecule has 3 atom stereocenters. The topological polar surface area (TPSA) is 26.0 Å². The third-order valence-electron chi connectivity index (χ3n) is 3.15. The molecule has 12 heavy (non-hydrogen) atoms. The first kappa shape index (κ1) is 7.10. The molecule has 1 saturated carbocycles. The summed E-state index contributed by atoms with van der Waals surface area (Å²) in [4.78, 5) is 0. The highest BCUT2D eigenvalue weighted by Crippen LogP contribution is 2.55. The van der Waals surface area contributed by atoms with Gasteiger partial charge in [0.05, 0.1) is 0 Å². The lowest BCUT2D eigenvalue weighted by molar-refractivity contribution is 0.801. The number of hydrogen-bond donors (Lipinski definition) is 1. The molecule has 62 valence electrons. The molecule has 0 heterocycles. The van der Waals surface area contributed by atoms with E-state index < -0.39 is 0 Å². The highest BCUT2D eigenvalue weighted by molar-refractivity contribution is 9.10. The van der Waals surface area contributed by atoms with Gasteiger partial charge in [0.15, 0.2) is 0 Å². The number of hydrogen-bond acceptors (Lipinski definition) is 1. The molecule has 0 spiro atoms. The zero-order chi connectivity index (χ0) is 8.29. The molecule has 1 fully saturated rings. The van der Waals surface area contributed by atoms with E-state index in [0.717, 1.165) is 5.92 Å². The van der Waals surface area contributed by atoms with Gasteiger partial charge in [0, 0.05) is 16.4 Å². The second kappa shape index (κ2) is 2.12. The van der Waals surface area contributed by atoms with Crippen molar-refractivity contribution in [3.63, 3.8) is 0 Å². The summed E-state index contributed by atoms with van der Waals surface area (Å²) in [5.41, 5.74) is 8.91. The second-order valence-electron chi connectivity index (χ2n) is 3.81. The Morgan fingerprint density at radius 2 is 2.25 bits per heavy atom. The minimum absolute atomic E-state index is 0.457. The molecule has 1 aromatic rings. The van der Waals surface area contributed by atoms with E-state index in [1.807, 2.05) is 0 Å². The van der Waals surface area contributed by atoms with Crippen molar-refractivity contribution in [2.24, 2.45) is 11.7 Å². The van der Waals surface area contributed by atoms with E-state index >= 15 is 0 Å². The molecule has 2 heteroatoms. The molecule has 0 amide bonds. The molecule has 0 bridgehead atoms. The third kappa shape index (κ3) is 0.771. The zero-order valence-electron chi connectivity index (χ0n) is 6.63. The van der Waals surface area contributed by atoms with Gasteiger partial charge in [-0.3, -0.25) is 0 Å². The first-order chi connectivity index (χ1) is 5.77. The normalized spacial score (nSPS) is 36.0. The van der Waals surface area contributed by atoms with Crippen LogP contribution in [0.3, 0.4) is 0 Å². The maximum atomic E-state index is 5.91. The van der Waals surface area contributed by atoms with Crippen LogP contribution in [0, 0.1) is 5.92 Å². The molecule has 1 aromatic carbocycles. The van der Waals surface area contributed by atoms with Gasteiger partial charge in [-0.1, -0.05) is 22.0 Å². The van der Waals surface area contributed by atoms with Gasteiger partial charge in [0.25, 0.3) is 0 Å². The van der Waals surface area contributed by atoms with E-state index in [1.165, 1.54) is 22.0 Å².